The van der Waals surface area contributed by atoms with E-state index in [9.17, 15) is 0 Å². The zero-order valence-electron chi connectivity index (χ0n) is 11.5. The van der Waals surface area contributed by atoms with Gasteiger partial charge in [-0.15, -0.1) is 0 Å². The lowest BCUT2D eigenvalue weighted by Gasteiger charge is -2.13. The van der Waals surface area contributed by atoms with Gasteiger partial charge in [0.25, 0.3) is 0 Å². The summed E-state index contributed by atoms with van der Waals surface area (Å²) in [5.41, 5.74) is 1.00. The van der Waals surface area contributed by atoms with Gasteiger partial charge in [0.1, 0.15) is 5.82 Å². The topological polar surface area (TPSA) is 43.4 Å². The van der Waals surface area contributed by atoms with Crippen molar-refractivity contribution in [2.75, 3.05) is 19.0 Å². The molecule has 0 saturated carbocycles. The fourth-order valence-corrected chi connectivity index (χ4v) is 2.11. The molecule has 0 atom stereocenters. The molecule has 0 unspecified atom stereocenters. The van der Waals surface area contributed by atoms with Crippen LogP contribution in [0.25, 0.3) is 0 Å². The first-order valence-corrected chi connectivity index (χ1v) is 6.76. The molecule has 0 fully saturated rings. The van der Waals surface area contributed by atoms with E-state index in [0.29, 0.717) is 29.7 Å². The highest BCUT2D eigenvalue weighted by atomic mass is 35.5. The van der Waals surface area contributed by atoms with E-state index in [1.54, 1.807) is 13.3 Å². The van der Waals surface area contributed by atoms with Crippen LogP contribution in [0.2, 0.25) is 5.02 Å². The Balaban J connectivity index is 2.14. The molecule has 106 valence electrons. The van der Waals surface area contributed by atoms with Gasteiger partial charge in [-0.1, -0.05) is 17.7 Å². The molecule has 1 N–H and O–H groups in total. The molecule has 0 saturated heterocycles. The summed E-state index contributed by atoms with van der Waals surface area (Å²) in [4.78, 5) is 4.21. The highest BCUT2D eigenvalue weighted by Gasteiger charge is 2.11. The molecule has 1 heterocycles. The van der Waals surface area contributed by atoms with Crippen LogP contribution in [0.5, 0.6) is 11.5 Å². The number of hydrogen-bond acceptors (Lipinski definition) is 4. The minimum absolute atomic E-state index is 0.543. The third kappa shape index (κ3) is 3.54. The van der Waals surface area contributed by atoms with E-state index < -0.39 is 0 Å². The van der Waals surface area contributed by atoms with Gasteiger partial charge in [0.15, 0.2) is 11.5 Å². The van der Waals surface area contributed by atoms with Crippen LogP contribution in [0.15, 0.2) is 36.5 Å². The average molecular weight is 293 g/mol. The number of benzene rings is 1. The second-order valence-corrected chi connectivity index (χ2v) is 4.52. The second-order valence-electron chi connectivity index (χ2n) is 4.11. The molecule has 1 aromatic carbocycles. The van der Waals surface area contributed by atoms with Gasteiger partial charge >= 0.3 is 0 Å². The van der Waals surface area contributed by atoms with Gasteiger partial charge in [-0.2, -0.15) is 0 Å². The van der Waals surface area contributed by atoms with E-state index in [-0.39, 0.29) is 0 Å². The maximum Gasteiger partial charge on any atom is 0.179 e. The molecule has 1 aromatic heterocycles. The average Bonchev–Trinajstić information content (AvgIpc) is 2.48. The van der Waals surface area contributed by atoms with Gasteiger partial charge in [0, 0.05) is 12.7 Å². The van der Waals surface area contributed by atoms with Crippen LogP contribution in [0.3, 0.4) is 0 Å². The SMILES string of the molecule is CCOc1c(Cl)cc(CNc2ccccn2)cc1OC. The van der Waals surface area contributed by atoms with Gasteiger partial charge in [0.05, 0.1) is 18.7 Å². The Kier molecular flexibility index (Phi) is 5.07. The van der Waals surface area contributed by atoms with Crippen LogP contribution in [0.4, 0.5) is 5.82 Å². The number of pyridine rings is 1. The fraction of sp³-hybridized carbons (Fsp3) is 0.267. The molecule has 0 aliphatic carbocycles. The van der Waals surface area contributed by atoms with E-state index in [2.05, 4.69) is 10.3 Å². The molecule has 2 rings (SSSR count). The largest absolute Gasteiger partial charge is 0.493 e. The molecule has 0 aliphatic rings. The number of aromatic nitrogens is 1. The first-order valence-electron chi connectivity index (χ1n) is 6.38. The Labute approximate surface area is 123 Å². The Hall–Kier alpha value is -1.94. The van der Waals surface area contributed by atoms with Gasteiger partial charge in [-0.25, -0.2) is 4.98 Å². The second kappa shape index (κ2) is 7.01. The summed E-state index contributed by atoms with van der Waals surface area (Å²) >= 11 is 6.23. The Morgan fingerprint density at radius 1 is 1.30 bits per heavy atom. The monoisotopic (exact) mass is 292 g/mol. The van der Waals surface area contributed by atoms with E-state index >= 15 is 0 Å². The smallest absolute Gasteiger partial charge is 0.179 e. The van der Waals surface area contributed by atoms with Crippen LogP contribution >= 0.6 is 11.6 Å². The third-order valence-corrected chi connectivity index (χ3v) is 3.00. The van der Waals surface area contributed by atoms with Gasteiger partial charge in [-0.3, -0.25) is 0 Å². The van der Waals surface area contributed by atoms with Crippen LogP contribution in [0.1, 0.15) is 12.5 Å². The van der Waals surface area contributed by atoms with Crippen molar-refractivity contribution in [3.05, 3.63) is 47.1 Å². The van der Waals surface area contributed by atoms with Crippen LogP contribution in [-0.4, -0.2) is 18.7 Å². The molecule has 0 amide bonds. The van der Waals surface area contributed by atoms with E-state index in [1.165, 1.54) is 0 Å². The highest BCUT2D eigenvalue weighted by Crippen LogP contribution is 2.36. The first-order chi connectivity index (χ1) is 9.74. The lowest BCUT2D eigenvalue weighted by atomic mass is 10.2. The predicted octanol–water partition coefficient (Wildman–Crippen LogP) is 3.75. The Morgan fingerprint density at radius 3 is 2.80 bits per heavy atom. The number of nitrogens with zero attached hydrogens (tertiary/aromatic N) is 1. The normalized spacial score (nSPS) is 10.2. The van der Waals surface area contributed by atoms with Gasteiger partial charge < -0.3 is 14.8 Å². The minimum atomic E-state index is 0.543. The van der Waals surface area contributed by atoms with Crippen molar-refractivity contribution in [1.29, 1.82) is 0 Å². The molecule has 0 radical (unpaired) electrons. The zero-order valence-corrected chi connectivity index (χ0v) is 12.3. The molecular formula is C15H17ClN2O2. The highest BCUT2D eigenvalue weighted by molar-refractivity contribution is 6.32. The summed E-state index contributed by atoms with van der Waals surface area (Å²) in [6.07, 6.45) is 1.74. The van der Waals surface area contributed by atoms with Crippen molar-refractivity contribution in [2.45, 2.75) is 13.5 Å². The Morgan fingerprint density at radius 2 is 2.15 bits per heavy atom. The lowest BCUT2D eigenvalue weighted by Crippen LogP contribution is -2.03. The summed E-state index contributed by atoms with van der Waals surface area (Å²) in [6, 6.07) is 9.49. The number of rotatable bonds is 6. The van der Waals surface area contributed by atoms with Gasteiger partial charge in [0.2, 0.25) is 0 Å². The van der Waals surface area contributed by atoms with Crippen molar-refractivity contribution in [3.8, 4) is 11.5 Å². The van der Waals surface area contributed by atoms with Crippen LogP contribution in [0, 0.1) is 0 Å². The van der Waals surface area contributed by atoms with Crippen molar-refractivity contribution in [3.63, 3.8) is 0 Å². The quantitative estimate of drug-likeness (QED) is 0.880. The Bertz CT molecular complexity index is 561. The molecule has 2 aromatic rings. The lowest BCUT2D eigenvalue weighted by molar-refractivity contribution is 0.311. The van der Waals surface area contributed by atoms with Crippen LogP contribution in [-0.2, 0) is 6.54 Å². The molecular weight excluding hydrogens is 276 g/mol. The molecule has 4 nitrogen and oxygen atoms in total. The molecule has 0 aliphatic heterocycles. The maximum atomic E-state index is 6.23. The maximum absolute atomic E-state index is 6.23. The third-order valence-electron chi connectivity index (χ3n) is 2.72. The number of anilines is 1. The van der Waals surface area contributed by atoms with Gasteiger partial charge in [-0.05, 0) is 36.8 Å². The summed E-state index contributed by atoms with van der Waals surface area (Å²) in [5, 5.41) is 3.77. The van der Waals surface area contributed by atoms with E-state index in [1.807, 2.05) is 37.3 Å². The minimum Gasteiger partial charge on any atom is -0.493 e. The summed E-state index contributed by atoms with van der Waals surface area (Å²) in [6.45, 7) is 3.06. The van der Waals surface area contributed by atoms with Crippen molar-refractivity contribution in [1.82, 2.24) is 4.98 Å². The fourth-order valence-electron chi connectivity index (χ4n) is 1.82. The number of methoxy groups -OCH3 is 1. The molecule has 5 heteroatoms. The molecule has 20 heavy (non-hydrogen) atoms. The first kappa shape index (κ1) is 14.5. The summed E-state index contributed by atoms with van der Waals surface area (Å²) < 4.78 is 10.8. The standard InChI is InChI=1S/C15H17ClN2O2/c1-3-20-15-12(16)8-11(9-13(15)19-2)10-18-14-6-4-5-7-17-14/h4-9H,3,10H2,1-2H3,(H,17,18). The van der Waals surface area contributed by atoms with E-state index in [4.69, 9.17) is 21.1 Å². The summed E-state index contributed by atoms with van der Waals surface area (Å²) in [7, 11) is 1.60. The molecule has 0 bridgehead atoms. The number of ether oxygens (including phenoxy) is 2. The number of nitrogens with one attached hydrogen (secondary N) is 1. The number of hydrogen-bond donors (Lipinski definition) is 1. The van der Waals surface area contributed by atoms with Crippen molar-refractivity contribution in [2.24, 2.45) is 0 Å². The predicted molar refractivity (Wildman–Crippen MR) is 80.7 cm³/mol. The van der Waals surface area contributed by atoms with Crippen LogP contribution < -0.4 is 14.8 Å². The molecule has 0 spiro atoms. The number of halogens is 1. The zero-order chi connectivity index (χ0) is 14.4. The van der Waals surface area contributed by atoms with E-state index in [0.717, 1.165) is 11.4 Å². The summed E-state index contributed by atoms with van der Waals surface area (Å²) in [5.74, 6) is 2.03. The van der Waals surface area contributed by atoms with Crippen molar-refractivity contribution < 1.29 is 9.47 Å². The van der Waals surface area contributed by atoms with Crippen molar-refractivity contribution >= 4 is 17.4 Å².